The van der Waals surface area contributed by atoms with E-state index in [-0.39, 0.29) is 0 Å². The summed E-state index contributed by atoms with van der Waals surface area (Å²) in [6.07, 6.45) is 2.75. The molecule has 1 aliphatic carbocycles. The van der Waals surface area contributed by atoms with E-state index in [0.29, 0.717) is 12.5 Å². The van der Waals surface area contributed by atoms with E-state index in [1.165, 1.54) is 12.8 Å². The number of carbonyl (C=O) groups is 1. The molecule has 0 aromatic heterocycles. The maximum Gasteiger partial charge on any atom is 0.236 e. The van der Waals surface area contributed by atoms with Gasteiger partial charge in [0.05, 0.1) is 6.54 Å². The molecule has 0 unspecified atom stereocenters. The van der Waals surface area contributed by atoms with Crippen LogP contribution in [0.25, 0.3) is 0 Å². The Hall–Kier alpha value is -0.570. The SMILES string of the molecule is CCN1CCN(CC2CC2)CC1=O. The van der Waals surface area contributed by atoms with E-state index in [1.54, 1.807) is 0 Å². The van der Waals surface area contributed by atoms with Gasteiger partial charge in [-0.25, -0.2) is 0 Å². The fourth-order valence-electron chi connectivity index (χ4n) is 1.91. The van der Waals surface area contributed by atoms with Crippen LogP contribution in [0, 0.1) is 5.92 Å². The van der Waals surface area contributed by atoms with Gasteiger partial charge >= 0.3 is 0 Å². The van der Waals surface area contributed by atoms with Gasteiger partial charge in [-0.15, -0.1) is 0 Å². The van der Waals surface area contributed by atoms with Crippen LogP contribution in [0.5, 0.6) is 0 Å². The van der Waals surface area contributed by atoms with Crippen LogP contribution in [0.4, 0.5) is 0 Å². The van der Waals surface area contributed by atoms with Gasteiger partial charge in [-0.05, 0) is 25.7 Å². The predicted octanol–water partition coefficient (Wildman–Crippen LogP) is 0.560. The van der Waals surface area contributed by atoms with Crippen molar-refractivity contribution in [1.29, 1.82) is 0 Å². The van der Waals surface area contributed by atoms with E-state index >= 15 is 0 Å². The quantitative estimate of drug-likeness (QED) is 0.636. The topological polar surface area (TPSA) is 23.6 Å². The molecule has 0 bridgehead atoms. The minimum Gasteiger partial charge on any atom is -0.341 e. The third-order valence-corrected chi connectivity index (χ3v) is 2.99. The van der Waals surface area contributed by atoms with Gasteiger partial charge in [0.2, 0.25) is 5.91 Å². The number of rotatable bonds is 3. The normalized spacial score (nSPS) is 25.3. The van der Waals surface area contributed by atoms with Gasteiger partial charge in [0.25, 0.3) is 0 Å². The van der Waals surface area contributed by atoms with E-state index in [0.717, 1.165) is 32.1 Å². The van der Waals surface area contributed by atoms with Crippen molar-refractivity contribution < 1.29 is 4.79 Å². The van der Waals surface area contributed by atoms with Gasteiger partial charge in [-0.1, -0.05) is 0 Å². The van der Waals surface area contributed by atoms with E-state index in [1.807, 2.05) is 4.90 Å². The first-order valence-electron chi connectivity index (χ1n) is 5.29. The number of hydrogen-bond acceptors (Lipinski definition) is 2. The Labute approximate surface area is 79.7 Å². The molecule has 0 aromatic rings. The first-order valence-corrected chi connectivity index (χ1v) is 5.29. The molecule has 1 saturated heterocycles. The largest absolute Gasteiger partial charge is 0.341 e. The second-order valence-corrected chi connectivity index (χ2v) is 4.15. The highest BCUT2D eigenvalue weighted by atomic mass is 16.2. The van der Waals surface area contributed by atoms with Gasteiger partial charge in [-0.2, -0.15) is 0 Å². The van der Waals surface area contributed by atoms with E-state index < -0.39 is 0 Å². The van der Waals surface area contributed by atoms with Gasteiger partial charge in [0.15, 0.2) is 0 Å². The number of likely N-dealkylation sites (N-methyl/N-ethyl adjacent to an activating group) is 1. The molecule has 74 valence electrons. The fourth-order valence-corrected chi connectivity index (χ4v) is 1.91. The lowest BCUT2D eigenvalue weighted by Crippen LogP contribution is -2.50. The minimum atomic E-state index is 0.314. The van der Waals surface area contributed by atoms with Gasteiger partial charge < -0.3 is 4.90 Å². The van der Waals surface area contributed by atoms with Crippen LogP contribution in [0.1, 0.15) is 19.8 Å². The highest BCUT2D eigenvalue weighted by molar-refractivity contribution is 5.78. The predicted molar refractivity (Wildman–Crippen MR) is 51.4 cm³/mol. The number of amides is 1. The summed E-state index contributed by atoms with van der Waals surface area (Å²) in [5.41, 5.74) is 0. The Balaban J connectivity index is 1.79. The lowest BCUT2D eigenvalue weighted by Gasteiger charge is -2.33. The lowest BCUT2D eigenvalue weighted by atomic mass is 10.2. The van der Waals surface area contributed by atoms with Crippen molar-refractivity contribution in [3.63, 3.8) is 0 Å². The van der Waals surface area contributed by atoms with Crippen LogP contribution in [-0.4, -0.2) is 48.4 Å². The molecule has 0 aromatic carbocycles. The fraction of sp³-hybridized carbons (Fsp3) is 0.900. The van der Waals surface area contributed by atoms with Crippen LogP contribution in [0.2, 0.25) is 0 Å². The van der Waals surface area contributed by atoms with E-state index in [9.17, 15) is 4.79 Å². The zero-order valence-corrected chi connectivity index (χ0v) is 8.33. The van der Waals surface area contributed by atoms with Crippen molar-refractivity contribution in [3.05, 3.63) is 0 Å². The number of nitrogens with zero attached hydrogens (tertiary/aromatic N) is 2. The van der Waals surface area contributed by atoms with Crippen LogP contribution >= 0.6 is 0 Å². The molecule has 3 nitrogen and oxygen atoms in total. The molecule has 0 atom stereocenters. The molecule has 1 heterocycles. The molecule has 0 spiro atoms. The Morgan fingerprint density at radius 2 is 2.15 bits per heavy atom. The Morgan fingerprint density at radius 1 is 1.38 bits per heavy atom. The Bertz CT molecular complexity index is 201. The molecule has 0 radical (unpaired) electrons. The van der Waals surface area contributed by atoms with E-state index in [2.05, 4.69) is 11.8 Å². The molecule has 1 aliphatic heterocycles. The van der Waals surface area contributed by atoms with Crippen molar-refractivity contribution in [2.45, 2.75) is 19.8 Å². The third kappa shape index (κ3) is 2.21. The summed E-state index contributed by atoms with van der Waals surface area (Å²) in [5, 5.41) is 0. The summed E-state index contributed by atoms with van der Waals surface area (Å²) in [5.74, 6) is 1.22. The van der Waals surface area contributed by atoms with Gasteiger partial charge in [-0.3, -0.25) is 9.69 Å². The third-order valence-electron chi connectivity index (χ3n) is 2.99. The van der Waals surface area contributed by atoms with Gasteiger partial charge in [0.1, 0.15) is 0 Å². The van der Waals surface area contributed by atoms with Crippen LogP contribution in [0.3, 0.4) is 0 Å². The number of carbonyl (C=O) groups excluding carboxylic acids is 1. The van der Waals surface area contributed by atoms with E-state index in [4.69, 9.17) is 0 Å². The first-order chi connectivity index (χ1) is 6.29. The van der Waals surface area contributed by atoms with Crippen LogP contribution in [0.15, 0.2) is 0 Å². The molecule has 1 amide bonds. The molecule has 2 aliphatic rings. The minimum absolute atomic E-state index is 0.314. The molecule has 1 saturated carbocycles. The molecular formula is C10H18N2O. The average molecular weight is 182 g/mol. The summed E-state index contributed by atoms with van der Waals surface area (Å²) < 4.78 is 0. The molecule has 0 N–H and O–H groups in total. The van der Waals surface area contributed by atoms with Crippen LogP contribution in [-0.2, 0) is 4.79 Å². The summed E-state index contributed by atoms with van der Waals surface area (Å²) >= 11 is 0. The molecule has 2 rings (SSSR count). The Morgan fingerprint density at radius 3 is 2.69 bits per heavy atom. The zero-order chi connectivity index (χ0) is 9.26. The van der Waals surface area contributed by atoms with Crippen molar-refractivity contribution in [2.75, 3.05) is 32.7 Å². The standard InChI is InChI=1S/C10H18N2O/c1-2-12-6-5-11(8-10(12)13)7-9-3-4-9/h9H,2-8H2,1H3. The van der Waals surface area contributed by atoms with Crippen molar-refractivity contribution in [1.82, 2.24) is 9.80 Å². The summed E-state index contributed by atoms with van der Waals surface area (Å²) in [4.78, 5) is 15.8. The molecule has 2 fully saturated rings. The lowest BCUT2D eigenvalue weighted by molar-refractivity contribution is -0.135. The van der Waals surface area contributed by atoms with Crippen LogP contribution < -0.4 is 0 Å². The maximum absolute atomic E-state index is 11.5. The summed E-state index contributed by atoms with van der Waals surface area (Å²) in [6.45, 7) is 6.75. The summed E-state index contributed by atoms with van der Waals surface area (Å²) in [7, 11) is 0. The molecular weight excluding hydrogens is 164 g/mol. The Kier molecular flexibility index (Phi) is 2.54. The second-order valence-electron chi connectivity index (χ2n) is 4.15. The zero-order valence-electron chi connectivity index (χ0n) is 8.33. The van der Waals surface area contributed by atoms with Crippen molar-refractivity contribution in [3.8, 4) is 0 Å². The molecule has 3 heteroatoms. The highest BCUT2D eigenvalue weighted by Crippen LogP contribution is 2.29. The van der Waals surface area contributed by atoms with Gasteiger partial charge in [0, 0.05) is 26.2 Å². The average Bonchev–Trinajstić information content (AvgIpc) is 2.89. The van der Waals surface area contributed by atoms with Crippen molar-refractivity contribution in [2.24, 2.45) is 5.92 Å². The smallest absolute Gasteiger partial charge is 0.236 e. The summed E-state index contributed by atoms with van der Waals surface area (Å²) in [6, 6.07) is 0. The second kappa shape index (κ2) is 3.66. The maximum atomic E-state index is 11.5. The highest BCUT2D eigenvalue weighted by Gasteiger charge is 2.28. The number of piperazine rings is 1. The molecule has 13 heavy (non-hydrogen) atoms. The number of hydrogen-bond donors (Lipinski definition) is 0. The first kappa shape index (κ1) is 9.00. The van der Waals surface area contributed by atoms with Crippen molar-refractivity contribution >= 4 is 5.91 Å². The monoisotopic (exact) mass is 182 g/mol.